The molecule has 1 aromatic carbocycles. The maximum atomic E-state index is 16.5. The van der Waals surface area contributed by atoms with E-state index in [0.717, 1.165) is 27.7 Å². The van der Waals surface area contributed by atoms with Crippen molar-refractivity contribution in [2.24, 2.45) is 0 Å². The molecule has 0 spiro atoms. The van der Waals surface area contributed by atoms with Gasteiger partial charge in [0.15, 0.2) is 5.65 Å². The number of aromatic nitrogens is 5. The van der Waals surface area contributed by atoms with Gasteiger partial charge in [-0.3, -0.25) is 24.2 Å². The summed E-state index contributed by atoms with van der Waals surface area (Å²) in [7, 11) is 0. The Morgan fingerprint density at radius 3 is 2.71 bits per heavy atom. The van der Waals surface area contributed by atoms with Crippen LogP contribution in [0.1, 0.15) is 43.5 Å². The number of hydrogen-bond acceptors (Lipinski definition) is 7. The molecule has 0 radical (unpaired) electrons. The smallest absolute Gasteiger partial charge is 0.301 e. The first-order valence-electron chi connectivity index (χ1n) is 15.1. The van der Waals surface area contributed by atoms with Crippen molar-refractivity contribution < 1.29 is 13.9 Å². The molecule has 230 valence electrons. The van der Waals surface area contributed by atoms with Crippen LogP contribution in [0.3, 0.4) is 0 Å². The van der Waals surface area contributed by atoms with Crippen LogP contribution in [-0.4, -0.2) is 67.3 Å². The molecule has 0 aliphatic carbocycles. The van der Waals surface area contributed by atoms with Crippen LogP contribution in [0, 0.1) is 19.7 Å². The Morgan fingerprint density at radius 1 is 1.16 bits per heavy atom. The molecule has 0 bridgehead atoms. The third-order valence-corrected chi connectivity index (χ3v) is 9.04. The second-order valence-corrected chi connectivity index (χ2v) is 12.3. The lowest BCUT2D eigenvalue weighted by Crippen LogP contribution is -2.62. The van der Waals surface area contributed by atoms with Gasteiger partial charge >= 0.3 is 5.56 Å². The summed E-state index contributed by atoms with van der Waals surface area (Å²) in [5.41, 5.74) is 4.85. The van der Waals surface area contributed by atoms with Gasteiger partial charge in [0, 0.05) is 41.7 Å². The molecule has 11 heteroatoms. The summed E-state index contributed by atoms with van der Waals surface area (Å²) in [5.74, 6) is -0.576. The molecule has 1 saturated heterocycles. The van der Waals surface area contributed by atoms with Gasteiger partial charge < -0.3 is 14.5 Å². The van der Waals surface area contributed by atoms with E-state index >= 15 is 4.39 Å². The number of pyridine rings is 3. The van der Waals surface area contributed by atoms with Crippen LogP contribution < -0.4 is 15.2 Å². The minimum absolute atomic E-state index is 0.0126. The van der Waals surface area contributed by atoms with Crippen molar-refractivity contribution in [3.8, 4) is 22.7 Å². The number of fused-ring (bicyclic) bond motifs is 6. The number of aromatic amines is 1. The lowest BCUT2D eigenvalue weighted by molar-refractivity contribution is -0.129. The first-order chi connectivity index (χ1) is 21.6. The Bertz CT molecular complexity index is 2100. The number of nitrogens with one attached hydrogen (secondary N) is 1. The minimum Gasteiger partial charge on any atom is -0.484 e. The monoisotopic (exact) mass is 607 g/mol. The van der Waals surface area contributed by atoms with E-state index in [1.165, 1.54) is 12.1 Å². The third kappa shape index (κ3) is 4.32. The Labute approximate surface area is 259 Å². The summed E-state index contributed by atoms with van der Waals surface area (Å²) in [4.78, 5) is 40.8. The zero-order valence-electron chi connectivity index (χ0n) is 25.9. The average Bonchev–Trinajstić information content (AvgIpc) is 3.50. The van der Waals surface area contributed by atoms with Crippen LogP contribution >= 0.6 is 0 Å². The number of amides is 1. The predicted octanol–water partition coefficient (Wildman–Crippen LogP) is 5.19. The van der Waals surface area contributed by atoms with Gasteiger partial charge in [-0.1, -0.05) is 26.5 Å². The van der Waals surface area contributed by atoms with Crippen molar-refractivity contribution in [2.75, 3.05) is 24.6 Å². The molecule has 4 aromatic heterocycles. The Kier molecular flexibility index (Phi) is 6.72. The van der Waals surface area contributed by atoms with E-state index in [2.05, 4.69) is 26.7 Å². The van der Waals surface area contributed by atoms with E-state index < -0.39 is 11.4 Å². The maximum absolute atomic E-state index is 16.5. The van der Waals surface area contributed by atoms with E-state index in [9.17, 15) is 9.59 Å². The fraction of sp³-hybridized carbons (Fsp3) is 0.324. The van der Waals surface area contributed by atoms with Crippen molar-refractivity contribution in [1.82, 2.24) is 29.6 Å². The fourth-order valence-corrected chi connectivity index (χ4v) is 6.83. The SMILES string of the molecule is C=CC(=O)N1CC2COc3c(c4cc(F)c(-c5c(C)ccc6[nH]ncc56)nc4n(-c4c(C)ccnc4C(C)C)c3=O)N2CC1C. The lowest BCUT2D eigenvalue weighted by atomic mass is 9.98. The van der Waals surface area contributed by atoms with Crippen molar-refractivity contribution >= 4 is 33.5 Å². The number of benzene rings is 1. The number of piperazine rings is 1. The predicted molar refractivity (Wildman–Crippen MR) is 172 cm³/mol. The summed E-state index contributed by atoms with van der Waals surface area (Å²) in [5, 5.41) is 8.31. The van der Waals surface area contributed by atoms with Crippen molar-refractivity contribution in [1.29, 1.82) is 0 Å². The van der Waals surface area contributed by atoms with Gasteiger partial charge in [0.05, 0.1) is 34.8 Å². The molecule has 1 fully saturated rings. The Morgan fingerprint density at radius 2 is 1.96 bits per heavy atom. The van der Waals surface area contributed by atoms with Crippen LogP contribution in [0.25, 0.3) is 38.9 Å². The standard InChI is InChI=1S/C34H34FN7O3/c1-7-26(43)40-15-21-16-45-32-31(41(21)14-20(40)6)22-12-24(35)29(27-18(4)8-9-25-23(27)13-37-39-25)38-33(22)42(34(32)44)30-19(5)10-11-36-28(30)17(2)3/h7-13,17,20-21H,1,14-16H2,2-6H3,(H,37,39). The van der Waals surface area contributed by atoms with Crippen LogP contribution in [0.4, 0.5) is 10.1 Å². The summed E-state index contributed by atoms with van der Waals surface area (Å²) < 4.78 is 24.3. The van der Waals surface area contributed by atoms with Crippen molar-refractivity contribution in [3.63, 3.8) is 0 Å². The molecule has 5 aromatic rings. The number of hydrogen-bond donors (Lipinski definition) is 1. The number of carbonyl (C=O) groups is 1. The molecule has 6 heterocycles. The molecule has 1 amide bonds. The first kappa shape index (κ1) is 28.7. The van der Waals surface area contributed by atoms with E-state index in [1.807, 2.05) is 52.8 Å². The second-order valence-electron chi connectivity index (χ2n) is 12.3. The highest BCUT2D eigenvalue weighted by Crippen LogP contribution is 2.43. The van der Waals surface area contributed by atoms with Gasteiger partial charge in [-0.05, 0) is 62.1 Å². The molecule has 2 aliphatic rings. The van der Waals surface area contributed by atoms with Crippen LogP contribution in [0.2, 0.25) is 0 Å². The number of rotatable bonds is 4. The molecular weight excluding hydrogens is 573 g/mol. The summed E-state index contributed by atoms with van der Waals surface area (Å²) >= 11 is 0. The van der Waals surface area contributed by atoms with Crippen LogP contribution in [0.5, 0.6) is 5.75 Å². The minimum atomic E-state index is -0.533. The summed E-state index contributed by atoms with van der Waals surface area (Å²) in [6.45, 7) is 14.5. The zero-order chi connectivity index (χ0) is 31.7. The number of nitrogens with zero attached hydrogens (tertiary/aromatic N) is 6. The number of anilines is 1. The third-order valence-electron chi connectivity index (χ3n) is 9.04. The first-order valence-corrected chi connectivity index (χ1v) is 15.1. The van der Waals surface area contributed by atoms with E-state index in [4.69, 9.17) is 9.72 Å². The highest BCUT2D eigenvalue weighted by molar-refractivity contribution is 6.00. The normalized spacial score (nSPS) is 17.8. The van der Waals surface area contributed by atoms with Gasteiger partial charge in [-0.15, -0.1) is 0 Å². The van der Waals surface area contributed by atoms with Gasteiger partial charge in [0.1, 0.15) is 18.1 Å². The number of ether oxygens (including phenoxy) is 1. The average molecular weight is 608 g/mol. The molecule has 2 aliphatic heterocycles. The lowest BCUT2D eigenvalue weighted by Gasteiger charge is -2.48. The van der Waals surface area contributed by atoms with E-state index in [1.54, 1.807) is 21.9 Å². The second kappa shape index (κ2) is 10.5. The molecule has 2 atom stereocenters. The van der Waals surface area contributed by atoms with E-state index in [-0.39, 0.29) is 42.0 Å². The quantitative estimate of drug-likeness (QED) is 0.280. The van der Waals surface area contributed by atoms with Gasteiger partial charge in [0.2, 0.25) is 11.7 Å². The van der Waals surface area contributed by atoms with Crippen LogP contribution in [0.15, 0.2) is 54.1 Å². The molecule has 0 saturated carbocycles. The molecular formula is C34H34FN7O3. The maximum Gasteiger partial charge on any atom is 0.301 e. The molecule has 1 N–H and O–H groups in total. The largest absolute Gasteiger partial charge is 0.484 e. The zero-order valence-corrected chi connectivity index (χ0v) is 25.9. The topological polar surface area (TPSA) is 109 Å². The molecule has 7 rings (SSSR count). The molecule has 45 heavy (non-hydrogen) atoms. The molecule has 2 unspecified atom stereocenters. The number of halogens is 1. The summed E-state index contributed by atoms with van der Waals surface area (Å²) in [6.07, 6.45) is 4.70. The van der Waals surface area contributed by atoms with Crippen molar-refractivity contribution in [3.05, 3.63) is 82.3 Å². The van der Waals surface area contributed by atoms with Gasteiger partial charge in [-0.2, -0.15) is 5.10 Å². The fourth-order valence-electron chi connectivity index (χ4n) is 6.83. The number of H-pyrrole nitrogens is 1. The highest BCUT2D eigenvalue weighted by atomic mass is 19.1. The van der Waals surface area contributed by atoms with Crippen LogP contribution in [-0.2, 0) is 4.79 Å². The Balaban J connectivity index is 1.57. The van der Waals surface area contributed by atoms with Gasteiger partial charge in [-0.25, -0.2) is 9.37 Å². The number of aryl methyl sites for hydroxylation is 2. The van der Waals surface area contributed by atoms with Crippen molar-refractivity contribution in [2.45, 2.75) is 52.6 Å². The Hall–Kier alpha value is -5.06. The number of carbonyl (C=O) groups excluding carboxylic acids is 1. The summed E-state index contributed by atoms with van der Waals surface area (Å²) in [6, 6.07) is 6.69. The highest BCUT2D eigenvalue weighted by Gasteiger charge is 2.41. The van der Waals surface area contributed by atoms with Gasteiger partial charge in [0.25, 0.3) is 0 Å². The molecule has 10 nitrogen and oxygen atoms in total. The van der Waals surface area contributed by atoms with E-state index in [0.29, 0.717) is 41.1 Å².